The van der Waals surface area contributed by atoms with Crippen LogP contribution in [0.2, 0.25) is 10.0 Å². The zero-order valence-electron chi connectivity index (χ0n) is 13.5. The number of aliphatic imine (C=N–C) groups is 1. The molecule has 7 heteroatoms. The maximum absolute atomic E-state index is 6.12. The predicted molar refractivity (Wildman–Crippen MR) is 98.2 cm³/mol. The van der Waals surface area contributed by atoms with Crippen molar-refractivity contribution in [3.05, 3.63) is 57.6 Å². The molecule has 0 radical (unpaired) electrons. The molecule has 0 heterocycles. The third-order valence-corrected chi connectivity index (χ3v) is 3.94. The summed E-state index contributed by atoms with van der Waals surface area (Å²) in [6, 6.07) is 10.9. The number of hydrogen-bond acceptors (Lipinski definition) is 3. The van der Waals surface area contributed by atoms with Gasteiger partial charge in [0.15, 0.2) is 17.5 Å². The summed E-state index contributed by atoms with van der Waals surface area (Å²) in [6.07, 6.45) is 0. The van der Waals surface area contributed by atoms with Gasteiger partial charge in [0.25, 0.3) is 0 Å². The van der Waals surface area contributed by atoms with Crippen molar-refractivity contribution in [2.45, 2.75) is 13.1 Å². The van der Waals surface area contributed by atoms with Crippen LogP contribution in [0.1, 0.15) is 11.1 Å². The van der Waals surface area contributed by atoms with Crippen molar-refractivity contribution < 1.29 is 9.47 Å². The van der Waals surface area contributed by atoms with Crippen molar-refractivity contribution in [1.82, 2.24) is 5.32 Å². The average molecular weight is 368 g/mol. The summed E-state index contributed by atoms with van der Waals surface area (Å²) in [5.74, 6) is 1.66. The summed E-state index contributed by atoms with van der Waals surface area (Å²) in [7, 11) is 3.19. The van der Waals surface area contributed by atoms with Gasteiger partial charge in [-0.15, -0.1) is 0 Å². The van der Waals surface area contributed by atoms with Gasteiger partial charge in [-0.25, -0.2) is 4.99 Å². The molecule has 0 saturated carbocycles. The lowest BCUT2D eigenvalue weighted by Crippen LogP contribution is -2.31. The molecule has 2 aromatic rings. The number of ether oxygens (including phenoxy) is 2. The van der Waals surface area contributed by atoms with Gasteiger partial charge in [-0.2, -0.15) is 0 Å². The molecule has 0 saturated heterocycles. The standard InChI is InChI=1S/C17H19Cl2N3O2/c1-23-15-6-3-11(7-16(15)24-2)9-21-17(20)22-10-12-4-5-13(18)8-14(12)19/h3-8H,9-10H2,1-2H3,(H3,20,21,22). The number of nitrogens with two attached hydrogens (primary N) is 1. The number of nitrogens with one attached hydrogen (secondary N) is 1. The third-order valence-electron chi connectivity index (χ3n) is 3.35. The fourth-order valence-electron chi connectivity index (χ4n) is 2.06. The molecule has 0 aliphatic heterocycles. The fourth-order valence-corrected chi connectivity index (χ4v) is 2.54. The van der Waals surface area contributed by atoms with Crippen LogP contribution >= 0.6 is 23.2 Å². The first kappa shape index (κ1) is 18.2. The van der Waals surface area contributed by atoms with Crippen LogP contribution in [0.25, 0.3) is 0 Å². The second kappa shape index (κ2) is 8.66. The number of rotatable bonds is 6. The molecule has 128 valence electrons. The fraction of sp³-hybridized carbons (Fsp3) is 0.235. The van der Waals surface area contributed by atoms with Gasteiger partial charge in [-0.1, -0.05) is 35.3 Å². The quantitative estimate of drug-likeness (QED) is 0.604. The van der Waals surface area contributed by atoms with Gasteiger partial charge in [-0.05, 0) is 35.4 Å². The van der Waals surface area contributed by atoms with Gasteiger partial charge in [-0.3, -0.25) is 0 Å². The Hall–Kier alpha value is -2.11. The van der Waals surface area contributed by atoms with E-state index in [0.717, 1.165) is 11.1 Å². The van der Waals surface area contributed by atoms with Crippen LogP contribution in [-0.2, 0) is 13.1 Å². The van der Waals surface area contributed by atoms with E-state index in [4.69, 9.17) is 38.4 Å². The van der Waals surface area contributed by atoms with E-state index in [9.17, 15) is 0 Å². The molecule has 0 unspecified atom stereocenters. The molecule has 0 bridgehead atoms. The first-order chi connectivity index (χ1) is 11.5. The zero-order valence-corrected chi connectivity index (χ0v) is 15.0. The normalized spacial score (nSPS) is 11.2. The summed E-state index contributed by atoms with van der Waals surface area (Å²) in [4.78, 5) is 4.31. The Morgan fingerprint density at radius 1 is 1.08 bits per heavy atom. The second-order valence-electron chi connectivity index (χ2n) is 4.98. The van der Waals surface area contributed by atoms with E-state index in [0.29, 0.717) is 40.6 Å². The van der Waals surface area contributed by atoms with Crippen molar-refractivity contribution in [1.29, 1.82) is 0 Å². The molecule has 0 amide bonds. The highest BCUT2D eigenvalue weighted by Crippen LogP contribution is 2.27. The number of halogens is 2. The number of nitrogens with zero attached hydrogens (tertiary/aromatic N) is 1. The van der Waals surface area contributed by atoms with Gasteiger partial charge in [0, 0.05) is 16.6 Å². The Kier molecular flexibility index (Phi) is 6.58. The molecule has 0 spiro atoms. The van der Waals surface area contributed by atoms with Crippen molar-refractivity contribution in [3.63, 3.8) is 0 Å². The smallest absolute Gasteiger partial charge is 0.189 e. The largest absolute Gasteiger partial charge is 0.493 e. The van der Waals surface area contributed by atoms with E-state index in [-0.39, 0.29) is 0 Å². The molecule has 2 rings (SSSR count). The topological polar surface area (TPSA) is 68.9 Å². The molecule has 0 aliphatic carbocycles. The lowest BCUT2D eigenvalue weighted by atomic mass is 10.2. The minimum atomic E-state index is 0.329. The molecular formula is C17H19Cl2N3O2. The number of benzene rings is 2. The number of methoxy groups -OCH3 is 2. The summed E-state index contributed by atoms with van der Waals surface area (Å²) >= 11 is 12.0. The highest BCUT2D eigenvalue weighted by molar-refractivity contribution is 6.35. The van der Waals surface area contributed by atoms with Crippen molar-refractivity contribution in [3.8, 4) is 11.5 Å². The van der Waals surface area contributed by atoms with Gasteiger partial charge in [0.1, 0.15) is 0 Å². The maximum Gasteiger partial charge on any atom is 0.189 e. The maximum atomic E-state index is 6.12. The van der Waals surface area contributed by atoms with Gasteiger partial charge in [0.2, 0.25) is 0 Å². The van der Waals surface area contributed by atoms with Crippen LogP contribution in [0, 0.1) is 0 Å². The number of hydrogen-bond donors (Lipinski definition) is 2. The SMILES string of the molecule is COc1ccc(CN=C(N)NCc2ccc(Cl)cc2Cl)cc1OC. The van der Waals surface area contributed by atoms with Crippen LogP contribution in [-0.4, -0.2) is 20.2 Å². The van der Waals surface area contributed by atoms with Gasteiger partial charge < -0.3 is 20.5 Å². The van der Waals surface area contributed by atoms with Crippen LogP contribution in [0.15, 0.2) is 41.4 Å². The Bertz CT molecular complexity index is 736. The predicted octanol–water partition coefficient (Wildman–Crippen LogP) is 3.62. The Morgan fingerprint density at radius 3 is 2.50 bits per heavy atom. The van der Waals surface area contributed by atoms with Crippen molar-refractivity contribution in [2.75, 3.05) is 14.2 Å². The minimum absolute atomic E-state index is 0.329. The molecule has 0 atom stereocenters. The van der Waals surface area contributed by atoms with Crippen LogP contribution in [0.3, 0.4) is 0 Å². The molecule has 2 aromatic carbocycles. The molecule has 3 N–H and O–H groups in total. The summed E-state index contributed by atoms with van der Waals surface area (Å²) < 4.78 is 10.5. The summed E-state index contributed by atoms with van der Waals surface area (Å²) in [6.45, 7) is 0.894. The highest BCUT2D eigenvalue weighted by atomic mass is 35.5. The van der Waals surface area contributed by atoms with Gasteiger partial charge in [0.05, 0.1) is 20.8 Å². The zero-order chi connectivity index (χ0) is 17.5. The monoisotopic (exact) mass is 367 g/mol. The van der Waals surface area contributed by atoms with E-state index in [2.05, 4.69) is 10.3 Å². The molecular weight excluding hydrogens is 349 g/mol. The average Bonchev–Trinajstić information content (AvgIpc) is 2.58. The van der Waals surface area contributed by atoms with E-state index >= 15 is 0 Å². The molecule has 0 aromatic heterocycles. The lowest BCUT2D eigenvalue weighted by molar-refractivity contribution is 0.354. The first-order valence-corrected chi connectivity index (χ1v) is 7.97. The van der Waals surface area contributed by atoms with Crippen LogP contribution < -0.4 is 20.5 Å². The molecule has 24 heavy (non-hydrogen) atoms. The summed E-state index contributed by atoms with van der Waals surface area (Å²) in [5, 5.41) is 4.21. The second-order valence-corrected chi connectivity index (χ2v) is 5.82. The molecule has 5 nitrogen and oxygen atoms in total. The molecule has 0 fully saturated rings. The van der Waals surface area contributed by atoms with E-state index in [1.807, 2.05) is 24.3 Å². The van der Waals surface area contributed by atoms with Crippen LogP contribution in [0.5, 0.6) is 11.5 Å². The van der Waals surface area contributed by atoms with E-state index in [1.165, 1.54) is 0 Å². The summed E-state index contributed by atoms with van der Waals surface area (Å²) in [5.41, 5.74) is 7.74. The van der Waals surface area contributed by atoms with Crippen molar-refractivity contribution >= 4 is 29.2 Å². The number of guanidine groups is 1. The third kappa shape index (κ3) is 4.94. The Morgan fingerprint density at radius 2 is 1.83 bits per heavy atom. The Balaban J connectivity index is 1.96. The first-order valence-electron chi connectivity index (χ1n) is 7.22. The lowest BCUT2D eigenvalue weighted by Gasteiger charge is -2.10. The van der Waals surface area contributed by atoms with E-state index in [1.54, 1.807) is 26.4 Å². The highest BCUT2D eigenvalue weighted by Gasteiger charge is 2.05. The Labute approximate surface area is 151 Å². The van der Waals surface area contributed by atoms with Gasteiger partial charge >= 0.3 is 0 Å². The van der Waals surface area contributed by atoms with Crippen LogP contribution in [0.4, 0.5) is 0 Å². The van der Waals surface area contributed by atoms with Crippen molar-refractivity contribution in [2.24, 2.45) is 10.7 Å². The van der Waals surface area contributed by atoms with E-state index < -0.39 is 0 Å². The minimum Gasteiger partial charge on any atom is -0.493 e. The molecule has 0 aliphatic rings.